The molecule has 0 radical (unpaired) electrons. The van der Waals surface area contributed by atoms with Gasteiger partial charge in [0, 0.05) is 17.7 Å². The van der Waals surface area contributed by atoms with Crippen LogP contribution in [-0.2, 0) is 17.8 Å². The highest BCUT2D eigenvalue weighted by atomic mass is 79.9. The predicted molar refractivity (Wildman–Crippen MR) is 124 cm³/mol. The molecule has 3 rings (SSSR count). The minimum Gasteiger partial charge on any atom is -0.496 e. The van der Waals surface area contributed by atoms with Gasteiger partial charge in [-0.15, -0.1) is 0 Å². The molecule has 0 unspecified atom stereocenters. The van der Waals surface area contributed by atoms with Crippen LogP contribution in [0.1, 0.15) is 28.1 Å². The molecular weight excluding hydrogens is 478 g/mol. The van der Waals surface area contributed by atoms with Crippen molar-refractivity contribution >= 4 is 33.7 Å². The fourth-order valence-corrected chi connectivity index (χ4v) is 3.39. The Kier molecular flexibility index (Phi) is 7.37. The molecule has 0 fully saturated rings. The van der Waals surface area contributed by atoms with Gasteiger partial charge < -0.3 is 4.74 Å². The molecule has 1 heterocycles. The number of aryl methyl sites for hydroxylation is 1. The molecule has 0 aliphatic carbocycles. The molecule has 32 heavy (non-hydrogen) atoms. The molecular formula is C22H22BrN5O4. The van der Waals surface area contributed by atoms with Crippen LogP contribution >= 0.6 is 15.9 Å². The van der Waals surface area contributed by atoms with E-state index in [0.29, 0.717) is 17.9 Å². The number of rotatable bonds is 8. The molecule has 0 atom stereocenters. The molecule has 0 bridgehead atoms. The number of nitro groups is 1. The van der Waals surface area contributed by atoms with Crippen molar-refractivity contribution in [3.63, 3.8) is 0 Å². The van der Waals surface area contributed by atoms with Crippen molar-refractivity contribution in [2.24, 2.45) is 5.10 Å². The number of nitrogens with one attached hydrogen (secondary N) is 1. The zero-order chi connectivity index (χ0) is 23.3. The van der Waals surface area contributed by atoms with Gasteiger partial charge >= 0.3 is 0 Å². The summed E-state index contributed by atoms with van der Waals surface area (Å²) in [6, 6.07) is 11.5. The Hall–Kier alpha value is -3.53. The minimum atomic E-state index is -0.482. The molecule has 2 aromatic carbocycles. The first-order valence-electron chi connectivity index (χ1n) is 9.70. The summed E-state index contributed by atoms with van der Waals surface area (Å²) in [7, 11) is 1.60. The lowest BCUT2D eigenvalue weighted by atomic mass is 10.1. The summed E-state index contributed by atoms with van der Waals surface area (Å²) in [5.74, 6) is 0.364. The lowest BCUT2D eigenvalue weighted by Crippen LogP contribution is -2.19. The summed E-state index contributed by atoms with van der Waals surface area (Å²) in [4.78, 5) is 22.3. The summed E-state index contributed by atoms with van der Waals surface area (Å²) in [5, 5.41) is 19.2. The number of methoxy groups -OCH3 is 1. The number of halogens is 1. The van der Waals surface area contributed by atoms with E-state index in [1.165, 1.54) is 18.3 Å². The number of benzene rings is 2. The van der Waals surface area contributed by atoms with E-state index >= 15 is 0 Å². The van der Waals surface area contributed by atoms with Gasteiger partial charge in [-0.3, -0.25) is 19.6 Å². The number of hydrazone groups is 1. The molecule has 1 N–H and O–H groups in total. The quantitative estimate of drug-likeness (QED) is 0.286. The number of aromatic nitrogens is 2. The van der Waals surface area contributed by atoms with Crippen molar-refractivity contribution in [1.82, 2.24) is 15.2 Å². The van der Waals surface area contributed by atoms with Gasteiger partial charge in [0.25, 0.3) is 5.69 Å². The number of nitrogens with zero attached hydrogens (tertiary/aromatic N) is 4. The topological polar surface area (TPSA) is 112 Å². The van der Waals surface area contributed by atoms with Crippen LogP contribution in [0, 0.1) is 24.0 Å². The summed E-state index contributed by atoms with van der Waals surface area (Å²) in [6.07, 6.45) is 1.59. The maximum Gasteiger partial charge on any atom is 0.269 e. The van der Waals surface area contributed by atoms with Crippen LogP contribution in [0.25, 0.3) is 0 Å². The highest BCUT2D eigenvalue weighted by Crippen LogP contribution is 2.24. The number of hydrogen-bond donors (Lipinski definition) is 1. The van der Waals surface area contributed by atoms with E-state index in [-0.39, 0.29) is 18.0 Å². The molecule has 9 nitrogen and oxygen atoms in total. The Labute approximate surface area is 193 Å². The monoisotopic (exact) mass is 499 g/mol. The molecule has 0 aliphatic heterocycles. The fraction of sp³-hybridized carbons (Fsp3) is 0.227. The van der Waals surface area contributed by atoms with E-state index in [4.69, 9.17) is 4.74 Å². The van der Waals surface area contributed by atoms with Crippen molar-refractivity contribution < 1.29 is 14.5 Å². The molecule has 0 spiro atoms. The SMILES string of the molecule is COc1cc(/C=N/NC(=O)Cc2ccc([N+](=O)[O-])cc2)ccc1Cn1nc(C)c(Br)c1C. The van der Waals surface area contributed by atoms with Crippen molar-refractivity contribution in [2.45, 2.75) is 26.8 Å². The van der Waals surface area contributed by atoms with Crippen molar-refractivity contribution in [3.05, 3.63) is 85.1 Å². The number of carbonyl (C=O) groups excluding carboxylic acids is 1. The summed E-state index contributed by atoms with van der Waals surface area (Å²) in [5.41, 5.74) is 6.78. The number of amides is 1. The Morgan fingerprint density at radius 2 is 2.00 bits per heavy atom. The van der Waals surface area contributed by atoms with E-state index in [9.17, 15) is 14.9 Å². The standard InChI is InChI=1S/C22H22BrN5O4/c1-14-22(23)15(2)27(26-14)13-18-7-4-17(10-20(18)32-3)12-24-25-21(29)11-16-5-8-19(9-6-16)28(30)31/h4-10,12H,11,13H2,1-3H3,(H,25,29)/b24-12+. The number of nitro benzene ring substituents is 1. The maximum absolute atomic E-state index is 12.1. The number of non-ortho nitro benzene ring substituents is 1. The number of hydrogen-bond acceptors (Lipinski definition) is 6. The zero-order valence-corrected chi connectivity index (χ0v) is 19.4. The van der Waals surface area contributed by atoms with Crippen LogP contribution in [0.3, 0.4) is 0 Å². The predicted octanol–water partition coefficient (Wildman–Crippen LogP) is 3.92. The smallest absolute Gasteiger partial charge is 0.269 e. The Bertz CT molecular complexity index is 1170. The van der Waals surface area contributed by atoms with Gasteiger partial charge in [-0.25, -0.2) is 5.43 Å². The van der Waals surface area contributed by atoms with Crippen molar-refractivity contribution in [1.29, 1.82) is 0 Å². The fourth-order valence-electron chi connectivity index (χ4n) is 3.10. The second kappa shape index (κ2) is 10.2. The zero-order valence-electron chi connectivity index (χ0n) is 17.8. The van der Waals surface area contributed by atoms with Gasteiger partial charge in [0.2, 0.25) is 5.91 Å². The van der Waals surface area contributed by atoms with E-state index in [1.807, 2.05) is 36.7 Å². The van der Waals surface area contributed by atoms with Gasteiger partial charge in [0.15, 0.2) is 0 Å². The van der Waals surface area contributed by atoms with Crippen LogP contribution in [0.4, 0.5) is 5.69 Å². The van der Waals surface area contributed by atoms with Crippen LogP contribution in [0.5, 0.6) is 5.75 Å². The second-order valence-corrected chi connectivity index (χ2v) is 7.90. The maximum atomic E-state index is 12.1. The van der Waals surface area contributed by atoms with E-state index in [0.717, 1.165) is 27.0 Å². The second-order valence-electron chi connectivity index (χ2n) is 7.11. The first-order valence-corrected chi connectivity index (χ1v) is 10.5. The van der Waals surface area contributed by atoms with E-state index in [1.54, 1.807) is 19.2 Å². The Balaban J connectivity index is 1.62. The van der Waals surface area contributed by atoms with Crippen LogP contribution < -0.4 is 10.2 Å². The molecule has 1 amide bonds. The molecule has 10 heteroatoms. The van der Waals surface area contributed by atoms with E-state index < -0.39 is 4.92 Å². The molecule has 3 aromatic rings. The molecule has 166 valence electrons. The van der Waals surface area contributed by atoms with E-state index in [2.05, 4.69) is 31.6 Å². The number of carbonyl (C=O) groups is 1. The molecule has 0 saturated carbocycles. The average Bonchev–Trinajstić information content (AvgIpc) is 3.01. The summed E-state index contributed by atoms with van der Waals surface area (Å²) in [6.45, 7) is 4.50. The van der Waals surface area contributed by atoms with Crippen LogP contribution in [-0.4, -0.2) is 33.9 Å². The first kappa shape index (κ1) is 23.1. The third-order valence-electron chi connectivity index (χ3n) is 4.84. The lowest BCUT2D eigenvalue weighted by Gasteiger charge is -2.11. The summed E-state index contributed by atoms with van der Waals surface area (Å²) >= 11 is 3.54. The first-order chi connectivity index (χ1) is 15.3. The van der Waals surface area contributed by atoms with Crippen molar-refractivity contribution in [3.8, 4) is 5.75 Å². The van der Waals surface area contributed by atoms with Gasteiger partial charge in [0.1, 0.15) is 5.75 Å². The minimum absolute atomic E-state index is 0.0185. The number of ether oxygens (including phenoxy) is 1. The molecule has 0 aliphatic rings. The molecule has 0 saturated heterocycles. The van der Waals surface area contributed by atoms with Crippen LogP contribution in [0.2, 0.25) is 0 Å². The van der Waals surface area contributed by atoms with Gasteiger partial charge in [-0.05, 0) is 47.0 Å². The summed E-state index contributed by atoms with van der Waals surface area (Å²) < 4.78 is 8.41. The molecule has 1 aromatic heterocycles. The highest BCUT2D eigenvalue weighted by Gasteiger charge is 2.12. The normalized spacial score (nSPS) is 11.0. The average molecular weight is 500 g/mol. The third kappa shape index (κ3) is 5.58. The van der Waals surface area contributed by atoms with Crippen molar-refractivity contribution in [2.75, 3.05) is 7.11 Å². The Morgan fingerprint density at radius 3 is 2.59 bits per heavy atom. The largest absolute Gasteiger partial charge is 0.496 e. The van der Waals surface area contributed by atoms with Gasteiger partial charge in [0.05, 0.1) is 47.1 Å². The Morgan fingerprint density at radius 1 is 1.28 bits per heavy atom. The van der Waals surface area contributed by atoms with Crippen LogP contribution in [0.15, 0.2) is 52.0 Å². The van der Waals surface area contributed by atoms with Gasteiger partial charge in [-0.2, -0.15) is 10.2 Å². The lowest BCUT2D eigenvalue weighted by molar-refractivity contribution is -0.384. The third-order valence-corrected chi connectivity index (χ3v) is 5.99. The highest BCUT2D eigenvalue weighted by molar-refractivity contribution is 9.10. The van der Waals surface area contributed by atoms with Gasteiger partial charge in [-0.1, -0.05) is 24.3 Å².